The van der Waals surface area contributed by atoms with Gasteiger partial charge in [0, 0.05) is 19.6 Å². The number of ether oxygens (including phenoxy) is 1. The Hall–Kier alpha value is -1.60. The van der Waals surface area contributed by atoms with E-state index in [2.05, 4.69) is 6.92 Å². The Labute approximate surface area is 150 Å². The van der Waals surface area contributed by atoms with Gasteiger partial charge in [0.05, 0.1) is 19.9 Å². The van der Waals surface area contributed by atoms with Crippen molar-refractivity contribution in [2.75, 3.05) is 39.5 Å². The van der Waals surface area contributed by atoms with Gasteiger partial charge in [-0.25, -0.2) is 8.42 Å². The molecule has 0 aromatic heterocycles. The van der Waals surface area contributed by atoms with Crippen LogP contribution in [0, 0.1) is 5.92 Å². The van der Waals surface area contributed by atoms with Gasteiger partial charge in [0.25, 0.3) is 0 Å². The van der Waals surface area contributed by atoms with Gasteiger partial charge in [0.15, 0.2) is 0 Å². The van der Waals surface area contributed by atoms with E-state index in [-0.39, 0.29) is 19.0 Å². The Bertz CT molecular complexity index is 682. The lowest BCUT2D eigenvalue weighted by Gasteiger charge is -2.32. The van der Waals surface area contributed by atoms with Gasteiger partial charge in [0.2, 0.25) is 15.9 Å². The van der Waals surface area contributed by atoms with E-state index in [1.165, 1.54) is 4.31 Å². The van der Waals surface area contributed by atoms with Gasteiger partial charge in [-0.15, -0.1) is 0 Å². The van der Waals surface area contributed by atoms with Crippen LogP contribution in [0.4, 0.5) is 0 Å². The summed E-state index contributed by atoms with van der Waals surface area (Å²) in [6.45, 7) is 3.77. The summed E-state index contributed by atoms with van der Waals surface area (Å²) in [5, 5.41) is 0. The lowest BCUT2D eigenvalue weighted by atomic mass is 9.99. The van der Waals surface area contributed by atoms with E-state index in [9.17, 15) is 13.2 Å². The molecule has 2 rings (SSSR count). The highest BCUT2D eigenvalue weighted by Crippen LogP contribution is 2.19. The summed E-state index contributed by atoms with van der Waals surface area (Å²) in [6, 6.07) is 7.52. The standard InChI is InChI=1S/C18H28N2O4S/c1-15-8-11-19(12-9-15)18(21)14-20(25(3,22)23)13-10-16-6-4-5-7-17(16)24-2/h4-7,15H,8-14H2,1-3H3. The van der Waals surface area contributed by atoms with E-state index in [1.807, 2.05) is 24.3 Å². The van der Waals surface area contributed by atoms with Crippen LogP contribution in [-0.2, 0) is 21.2 Å². The third-order valence-electron chi connectivity index (χ3n) is 4.74. The first kappa shape index (κ1) is 19.7. The maximum Gasteiger partial charge on any atom is 0.237 e. The van der Waals surface area contributed by atoms with Crippen molar-refractivity contribution < 1.29 is 17.9 Å². The molecule has 0 radical (unpaired) electrons. The van der Waals surface area contributed by atoms with E-state index in [1.54, 1.807) is 12.0 Å². The highest BCUT2D eigenvalue weighted by Gasteiger charge is 2.25. The number of carbonyl (C=O) groups is 1. The van der Waals surface area contributed by atoms with Crippen molar-refractivity contribution in [3.05, 3.63) is 29.8 Å². The molecule has 7 heteroatoms. The lowest BCUT2D eigenvalue weighted by Crippen LogP contribution is -2.45. The minimum absolute atomic E-state index is 0.0949. The third kappa shape index (κ3) is 5.71. The van der Waals surface area contributed by atoms with Crippen LogP contribution in [0.2, 0.25) is 0 Å². The van der Waals surface area contributed by atoms with Crippen molar-refractivity contribution in [1.29, 1.82) is 0 Å². The molecule has 1 aromatic carbocycles. The first-order valence-electron chi connectivity index (χ1n) is 8.66. The molecule has 1 aliphatic heterocycles. The quantitative estimate of drug-likeness (QED) is 0.735. The molecule has 6 nitrogen and oxygen atoms in total. The Morgan fingerprint density at radius 2 is 1.92 bits per heavy atom. The Morgan fingerprint density at radius 1 is 1.28 bits per heavy atom. The summed E-state index contributed by atoms with van der Waals surface area (Å²) >= 11 is 0. The number of para-hydroxylation sites is 1. The molecular weight excluding hydrogens is 340 g/mol. The molecule has 0 aliphatic carbocycles. The van der Waals surface area contributed by atoms with Crippen molar-refractivity contribution in [3.63, 3.8) is 0 Å². The number of amides is 1. The van der Waals surface area contributed by atoms with Gasteiger partial charge in [0.1, 0.15) is 5.75 Å². The van der Waals surface area contributed by atoms with Crippen molar-refractivity contribution in [1.82, 2.24) is 9.21 Å². The second-order valence-corrected chi connectivity index (χ2v) is 8.70. The first-order valence-corrected chi connectivity index (χ1v) is 10.5. The van der Waals surface area contributed by atoms with Crippen LogP contribution < -0.4 is 4.74 Å². The Balaban J connectivity index is 2.00. The summed E-state index contributed by atoms with van der Waals surface area (Å²) in [4.78, 5) is 14.3. The fourth-order valence-electron chi connectivity index (χ4n) is 3.03. The molecule has 1 fully saturated rings. The number of carbonyl (C=O) groups excluding carboxylic acids is 1. The number of hydrogen-bond acceptors (Lipinski definition) is 4. The van der Waals surface area contributed by atoms with E-state index >= 15 is 0 Å². The highest BCUT2D eigenvalue weighted by molar-refractivity contribution is 7.88. The van der Waals surface area contributed by atoms with E-state index < -0.39 is 10.0 Å². The second-order valence-electron chi connectivity index (χ2n) is 6.72. The molecule has 140 valence electrons. The van der Waals surface area contributed by atoms with Gasteiger partial charge in [-0.05, 0) is 36.8 Å². The van der Waals surface area contributed by atoms with E-state index in [0.29, 0.717) is 25.4 Å². The average Bonchev–Trinajstić information content (AvgIpc) is 2.58. The van der Waals surface area contributed by atoms with E-state index in [0.717, 1.165) is 30.4 Å². The fourth-order valence-corrected chi connectivity index (χ4v) is 3.79. The van der Waals surface area contributed by atoms with Crippen LogP contribution >= 0.6 is 0 Å². The van der Waals surface area contributed by atoms with Crippen molar-refractivity contribution in [3.8, 4) is 5.75 Å². The smallest absolute Gasteiger partial charge is 0.237 e. The highest BCUT2D eigenvalue weighted by atomic mass is 32.2. The van der Waals surface area contributed by atoms with Gasteiger partial charge < -0.3 is 9.64 Å². The molecule has 0 N–H and O–H groups in total. The van der Waals surface area contributed by atoms with Gasteiger partial charge in [-0.3, -0.25) is 4.79 Å². The number of hydrogen-bond donors (Lipinski definition) is 0. The molecule has 25 heavy (non-hydrogen) atoms. The minimum atomic E-state index is -3.45. The molecule has 0 atom stereocenters. The van der Waals surface area contributed by atoms with E-state index in [4.69, 9.17) is 4.74 Å². The summed E-state index contributed by atoms with van der Waals surface area (Å²) in [6.07, 6.45) is 3.61. The first-order chi connectivity index (χ1) is 11.8. The number of rotatable bonds is 7. The zero-order valence-corrected chi connectivity index (χ0v) is 16.1. The predicted molar refractivity (Wildman–Crippen MR) is 98.1 cm³/mol. The monoisotopic (exact) mass is 368 g/mol. The zero-order valence-electron chi connectivity index (χ0n) is 15.3. The Kier molecular flexibility index (Phi) is 6.84. The van der Waals surface area contributed by atoms with Crippen LogP contribution in [0.15, 0.2) is 24.3 Å². The Morgan fingerprint density at radius 3 is 2.52 bits per heavy atom. The number of likely N-dealkylation sites (tertiary alicyclic amines) is 1. The number of piperidine rings is 1. The molecule has 1 saturated heterocycles. The van der Waals surface area contributed by atoms with Crippen molar-refractivity contribution in [2.45, 2.75) is 26.2 Å². The topological polar surface area (TPSA) is 66.9 Å². The SMILES string of the molecule is COc1ccccc1CCN(CC(=O)N1CCC(C)CC1)S(C)(=O)=O. The van der Waals surface area contributed by atoms with Crippen molar-refractivity contribution in [2.24, 2.45) is 5.92 Å². The summed E-state index contributed by atoms with van der Waals surface area (Å²) in [5.41, 5.74) is 0.929. The van der Waals surface area contributed by atoms with Crippen LogP contribution in [0.5, 0.6) is 5.75 Å². The lowest BCUT2D eigenvalue weighted by molar-refractivity contribution is -0.132. The second kappa shape index (κ2) is 8.67. The third-order valence-corrected chi connectivity index (χ3v) is 5.99. The molecule has 1 heterocycles. The number of sulfonamides is 1. The average molecular weight is 368 g/mol. The molecule has 1 amide bonds. The van der Waals surface area contributed by atoms with Crippen LogP contribution in [0.1, 0.15) is 25.3 Å². The summed E-state index contributed by atoms with van der Waals surface area (Å²) < 4.78 is 30.8. The molecular formula is C18H28N2O4S. The minimum Gasteiger partial charge on any atom is -0.496 e. The molecule has 0 spiro atoms. The molecule has 1 aromatic rings. The number of benzene rings is 1. The molecule has 1 aliphatic rings. The summed E-state index contributed by atoms with van der Waals surface area (Å²) in [5.74, 6) is 1.24. The van der Waals surface area contributed by atoms with Crippen LogP contribution in [0.3, 0.4) is 0 Å². The van der Waals surface area contributed by atoms with Gasteiger partial charge >= 0.3 is 0 Å². The van der Waals surface area contributed by atoms with Gasteiger partial charge in [-0.1, -0.05) is 25.1 Å². The molecule has 0 unspecified atom stereocenters. The fraction of sp³-hybridized carbons (Fsp3) is 0.611. The summed E-state index contributed by atoms with van der Waals surface area (Å²) in [7, 11) is -1.86. The number of methoxy groups -OCH3 is 1. The molecule has 0 bridgehead atoms. The largest absolute Gasteiger partial charge is 0.496 e. The predicted octanol–water partition coefficient (Wildman–Crippen LogP) is 1.76. The van der Waals surface area contributed by atoms with Crippen LogP contribution in [-0.4, -0.2) is 63.1 Å². The van der Waals surface area contributed by atoms with Gasteiger partial charge in [-0.2, -0.15) is 4.31 Å². The maximum absolute atomic E-state index is 12.5. The number of nitrogens with zero attached hydrogens (tertiary/aromatic N) is 2. The molecule has 0 saturated carbocycles. The maximum atomic E-state index is 12.5. The normalized spacial score (nSPS) is 16.2. The van der Waals surface area contributed by atoms with Crippen LogP contribution in [0.25, 0.3) is 0 Å². The van der Waals surface area contributed by atoms with Crippen molar-refractivity contribution >= 4 is 15.9 Å². The zero-order chi connectivity index (χ0) is 18.4.